The lowest BCUT2D eigenvalue weighted by Crippen LogP contribution is -2.50. The number of unbranched alkanes of at least 4 members (excludes halogenated alkanes) is 6. The van der Waals surface area contributed by atoms with Gasteiger partial charge in [-0.25, -0.2) is 4.44 Å². The van der Waals surface area contributed by atoms with Gasteiger partial charge in [0.05, 0.1) is 32.3 Å². The summed E-state index contributed by atoms with van der Waals surface area (Å²) in [5.74, 6) is 0.488. The van der Waals surface area contributed by atoms with Gasteiger partial charge in [-0.2, -0.15) is 0 Å². The number of rotatable bonds is 42. The lowest BCUT2D eigenvalue weighted by atomic mass is 10.1. The van der Waals surface area contributed by atoms with Crippen LogP contribution in [0.15, 0.2) is 97.1 Å². The maximum absolute atomic E-state index is 3.25. The van der Waals surface area contributed by atoms with E-state index in [9.17, 15) is 0 Å². The molecule has 0 saturated carbocycles. The molecule has 7 heteroatoms. The van der Waals surface area contributed by atoms with E-state index in [1.54, 1.807) is 42.0 Å². The quantitative estimate of drug-likeness (QED) is 0.0316. The number of hydrogen-bond acceptors (Lipinski definition) is 1. The van der Waals surface area contributed by atoms with E-state index in [1.165, 1.54) is 188 Å². The predicted octanol–water partition coefficient (Wildman–Crippen LogP) is 20.3. The standard InChI is InChI=1S/C71H123NP2Si4/c1-16-28-54-77(55-29-17-2,56-30-18-3)70-38-34-36-66(60-70)74(67-37-35-39-71(61-67)78(57-31-19-4,58-32-20-5)59-33-21-6)72(63(15)62(13)14)73(64-40-44-68(45-41-64)75(48-22-7,49-23-8)50-24-9)65-42-46-69(47-43-65)76(51-25-10,52-26-11)53-27-12/h34-47,60-63H,16-33,48-59H2,1-15H3. The van der Waals surface area contributed by atoms with Crippen LogP contribution < -0.4 is 42.0 Å². The molecule has 0 amide bonds. The molecule has 4 aromatic rings. The first-order valence-corrected chi connectivity index (χ1v) is 46.7. The fraction of sp³-hybridized carbons (Fsp3) is 0.662. The third-order valence-corrected chi connectivity index (χ3v) is 47.5. The first kappa shape index (κ1) is 69.1. The zero-order valence-corrected chi connectivity index (χ0v) is 59.7. The molecule has 0 radical (unpaired) electrons. The van der Waals surface area contributed by atoms with E-state index < -0.39 is 48.4 Å². The Morgan fingerprint density at radius 3 is 0.795 bits per heavy atom. The molecule has 0 aliphatic carbocycles. The van der Waals surface area contributed by atoms with E-state index in [-0.39, 0.29) is 0 Å². The number of nitrogens with zero attached hydrogens (tertiary/aromatic N) is 1. The summed E-state index contributed by atoms with van der Waals surface area (Å²) in [5.41, 5.74) is 0. The molecule has 1 atom stereocenters. The van der Waals surface area contributed by atoms with Crippen molar-refractivity contribution in [2.45, 2.75) is 298 Å². The van der Waals surface area contributed by atoms with E-state index in [0.717, 1.165) is 0 Å². The van der Waals surface area contributed by atoms with E-state index >= 15 is 0 Å². The lowest BCUT2D eigenvalue weighted by Gasteiger charge is -2.45. The van der Waals surface area contributed by atoms with Crippen LogP contribution in [-0.2, 0) is 0 Å². The zero-order valence-electron chi connectivity index (χ0n) is 53.9. The predicted molar refractivity (Wildman–Crippen MR) is 375 cm³/mol. The topological polar surface area (TPSA) is 3.24 Å². The Labute approximate surface area is 492 Å². The highest BCUT2D eigenvalue weighted by molar-refractivity contribution is 7.84. The summed E-state index contributed by atoms with van der Waals surface area (Å²) in [6, 6.07) is 60.7. The van der Waals surface area contributed by atoms with Crippen LogP contribution >= 0.6 is 16.1 Å². The van der Waals surface area contributed by atoms with Gasteiger partial charge >= 0.3 is 0 Å². The van der Waals surface area contributed by atoms with Crippen molar-refractivity contribution in [3.63, 3.8) is 0 Å². The van der Waals surface area contributed by atoms with Crippen LogP contribution in [0.1, 0.15) is 219 Å². The second-order valence-electron chi connectivity index (χ2n) is 25.4. The van der Waals surface area contributed by atoms with Crippen molar-refractivity contribution in [3.8, 4) is 0 Å². The van der Waals surface area contributed by atoms with Crippen LogP contribution in [0.4, 0.5) is 0 Å². The Morgan fingerprint density at radius 2 is 0.551 bits per heavy atom. The normalized spacial score (nSPS) is 13.2. The van der Waals surface area contributed by atoms with Crippen molar-refractivity contribution in [3.05, 3.63) is 97.1 Å². The van der Waals surface area contributed by atoms with Crippen LogP contribution in [-0.4, -0.2) is 42.8 Å². The Balaban J connectivity index is 2.28. The van der Waals surface area contributed by atoms with Crippen molar-refractivity contribution in [1.82, 2.24) is 4.44 Å². The highest BCUT2D eigenvalue weighted by Gasteiger charge is 2.42. The third kappa shape index (κ3) is 18.3. The summed E-state index contributed by atoms with van der Waals surface area (Å²) < 4.78 is 3.25. The molecule has 0 saturated heterocycles. The van der Waals surface area contributed by atoms with Crippen LogP contribution in [0.25, 0.3) is 0 Å². The highest BCUT2D eigenvalue weighted by atomic mass is 31.2. The second-order valence-corrected chi connectivity index (χ2v) is 48.4. The Hall–Kier alpha value is -1.43. The summed E-state index contributed by atoms with van der Waals surface area (Å²) in [6.45, 7) is 37.1. The van der Waals surface area contributed by atoms with Gasteiger partial charge in [-0.05, 0) is 34.1 Å². The molecule has 0 spiro atoms. The minimum absolute atomic E-state index is 0.362. The highest BCUT2D eigenvalue weighted by Crippen LogP contribution is 2.57. The molecule has 4 aromatic carbocycles. The van der Waals surface area contributed by atoms with Gasteiger partial charge in [0.15, 0.2) is 0 Å². The smallest absolute Gasteiger partial charge is 0.0867 e. The molecule has 0 aromatic heterocycles. The maximum atomic E-state index is 3.25. The molecular formula is C71H123NP2Si4. The molecule has 0 heterocycles. The summed E-state index contributed by atoms with van der Waals surface area (Å²) in [5, 5.41) is 13.4. The summed E-state index contributed by atoms with van der Waals surface area (Å²) in [7, 11) is -8.82. The molecule has 78 heavy (non-hydrogen) atoms. The average molecular weight is 1170 g/mol. The Morgan fingerprint density at radius 1 is 0.295 bits per heavy atom. The third-order valence-electron chi connectivity index (χ3n) is 19.0. The number of hydrogen-bond donors (Lipinski definition) is 0. The minimum atomic E-state index is -1.82. The van der Waals surface area contributed by atoms with E-state index in [2.05, 4.69) is 205 Å². The Bertz CT molecular complexity index is 1990. The van der Waals surface area contributed by atoms with Gasteiger partial charge in [0.2, 0.25) is 0 Å². The zero-order chi connectivity index (χ0) is 57.0. The molecule has 0 aliphatic rings. The van der Waals surface area contributed by atoms with Crippen LogP contribution in [0, 0.1) is 5.92 Å². The van der Waals surface area contributed by atoms with Crippen molar-refractivity contribution < 1.29 is 0 Å². The molecular weight excluding hydrogens is 1040 g/mol. The molecule has 0 bridgehead atoms. The molecule has 1 nitrogen and oxygen atoms in total. The van der Waals surface area contributed by atoms with Crippen LogP contribution in [0.5, 0.6) is 0 Å². The van der Waals surface area contributed by atoms with Crippen molar-refractivity contribution in [1.29, 1.82) is 0 Å². The van der Waals surface area contributed by atoms with Gasteiger partial charge in [-0.15, -0.1) is 0 Å². The van der Waals surface area contributed by atoms with Crippen molar-refractivity contribution >= 4 is 90.4 Å². The molecule has 1 unspecified atom stereocenters. The second kappa shape index (κ2) is 36.3. The molecule has 0 N–H and O–H groups in total. The van der Waals surface area contributed by atoms with Gasteiger partial charge in [-0.3, -0.25) is 0 Å². The lowest BCUT2D eigenvalue weighted by molar-refractivity contribution is 0.407. The average Bonchev–Trinajstić information content (AvgIpc) is 3.52. The van der Waals surface area contributed by atoms with Crippen molar-refractivity contribution in [2.24, 2.45) is 5.92 Å². The molecule has 438 valence electrons. The fourth-order valence-corrected chi connectivity index (χ4v) is 43.3. The van der Waals surface area contributed by atoms with E-state index in [0.29, 0.717) is 12.0 Å². The first-order valence-electron chi connectivity index (χ1n) is 33.6. The SMILES string of the molecule is CCCC[Si](CCCC)(CCCC)c1cccc(P(c2cccc([Si](CCCC)(CCCC)CCCC)c2)N(C(C)C(C)C)P(c2ccc([Si](CCC)(CCC)CCC)cc2)c2ccc([Si](CCC)(CCC)CCC)cc2)c1. The Kier molecular flexibility index (Phi) is 32.2. The summed E-state index contributed by atoms with van der Waals surface area (Å²) in [4.78, 5) is 0. The fourth-order valence-electron chi connectivity index (χ4n) is 14.5. The van der Waals surface area contributed by atoms with Gasteiger partial charge < -0.3 is 0 Å². The molecule has 0 fully saturated rings. The van der Waals surface area contributed by atoms with Gasteiger partial charge in [0.25, 0.3) is 0 Å². The first-order chi connectivity index (χ1) is 37.8. The van der Waals surface area contributed by atoms with Crippen LogP contribution in [0.2, 0.25) is 72.5 Å². The summed E-state index contributed by atoms with van der Waals surface area (Å²) in [6.07, 6.45) is 23.8. The van der Waals surface area contributed by atoms with Crippen LogP contribution in [0.3, 0.4) is 0 Å². The van der Waals surface area contributed by atoms with Crippen molar-refractivity contribution in [2.75, 3.05) is 0 Å². The van der Waals surface area contributed by atoms with Gasteiger partial charge in [0, 0.05) is 22.2 Å². The summed E-state index contributed by atoms with van der Waals surface area (Å²) >= 11 is 0. The van der Waals surface area contributed by atoms with E-state index in [1.807, 2.05) is 0 Å². The van der Waals surface area contributed by atoms with Gasteiger partial charge in [0.1, 0.15) is 0 Å². The van der Waals surface area contributed by atoms with E-state index in [4.69, 9.17) is 0 Å². The molecule has 4 rings (SSSR count). The van der Waals surface area contributed by atoms with Gasteiger partial charge in [-0.1, -0.05) is 403 Å². The maximum Gasteiger partial charge on any atom is 0.0867 e. The minimum Gasteiger partial charge on any atom is -0.242 e. The number of benzene rings is 4. The monoisotopic (exact) mass is 1160 g/mol. The largest absolute Gasteiger partial charge is 0.242 e. The molecule has 0 aliphatic heterocycles.